The molecule has 28 heavy (non-hydrogen) atoms. The lowest BCUT2D eigenvalue weighted by Gasteiger charge is -2.07. The number of anilines is 1. The van der Waals surface area contributed by atoms with Crippen molar-refractivity contribution in [1.82, 2.24) is 9.97 Å². The smallest absolute Gasteiger partial charge is 0.226 e. The predicted molar refractivity (Wildman–Crippen MR) is 113 cm³/mol. The molecule has 3 aromatic rings. The Hall–Kier alpha value is -2.12. The van der Waals surface area contributed by atoms with Crippen LogP contribution >= 0.6 is 23.1 Å². The van der Waals surface area contributed by atoms with Gasteiger partial charge in [-0.2, -0.15) is 0 Å². The van der Waals surface area contributed by atoms with Crippen LogP contribution in [0.3, 0.4) is 0 Å². The van der Waals surface area contributed by atoms with Crippen molar-refractivity contribution >= 4 is 34.1 Å². The van der Waals surface area contributed by atoms with Crippen molar-refractivity contribution in [3.63, 3.8) is 0 Å². The van der Waals surface area contributed by atoms with Crippen LogP contribution in [-0.4, -0.2) is 15.9 Å². The monoisotopic (exact) mass is 413 g/mol. The zero-order valence-corrected chi connectivity index (χ0v) is 17.6. The number of carbonyl (C=O) groups excluding carboxylic acids is 1. The Labute approximate surface area is 173 Å². The third-order valence-electron chi connectivity index (χ3n) is 4.82. The number of fused-ring (bicyclic) bond motifs is 1. The number of benzene rings is 1. The van der Waals surface area contributed by atoms with Crippen LogP contribution in [-0.2, 0) is 23.4 Å². The largest absolute Gasteiger partial charge is 0.445 e. The van der Waals surface area contributed by atoms with Gasteiger partial charge in [0.2, 0.25) is 11.8 Å². The average molecular weight is 414 g/mol. The molecular weight excluding hydrogens is 390 g/mol. The molecule has 0 spiro atoms. The van der Waals surface area contributed by atoms with Gasteiger partial charge in [-0.1, -0.05) is 49.4 Å². The number of oxazole rings is 1. The minimum atomic E-state index is 0.0398. The lowest BCUT2D eigenvalue weighted by Crippen LogP contribution is -2.16. The number of hydrogen-bond acceptors (Lipinski definition) is 6. The molecule has 0 aliphatic heterocycles. The zero-order valence-electron chi connectivity index (χ0n) is 16.0. The van der Waals surface area contributed by atoms with Crippen molar-refractivity contribution in [2.75, 3.05) is 5.32 Å². The first kappa shape index (κ1) is 19.2. The summed E-state index contributed by atoms with van der Waals surface area (Å²) in [7, 11) is 0. The maximum atomic E-state index is 12.4. The molecule has 0 radical (unpaired) electrons. The van der Waals surface area contributed by atoms with Crippen molar-refractivity contribution in [3.05, 3.63) is 59.4 Å². The molecule has 0 fully saturated rings. The molecule has 2 heterocycles. The van der Waals surface area contributed by atoms with Crippen LogP contribution in [0.25, 0.3) is 0 Å². The van der Waals surface area contributed by atoms with E-state index in [-0.39, 0.29) is 5.91 Å². The summed E-state index contributed by atoms with van der Waals surface area (Å²) in [6, 6.07) is 8.46. The van der Waals surface area contributed by atoms with Crippen LogP contribution in [0, 0.1) is 5.92 Å². The number of thioether (sulfide) groups is 1. The van der Waals surface area contributed by atoms with Crippen LogP contribution in [0.15, 0.2) is 45.3 Å². The Bertz CT molecular complexity index is 939. The lowest BCUT2D eigenvalue weighted by atomic mass is 10.0. The molecule has 1 aliphatic rings. The summed E-state index contributed by atoms with van der Waals surface area (Å²) in [6.45, 7) is 4.17. The molecule has 0 atom stereocenters. The average Bonchev–Trinajstić information content (AvgIpc) is 3.38. The molecule has 4 rings (SSSR count). The van der Waals surface area contributed by atoms with E-state index in [9.17, 15) is 4.79 Å². The Balaban J connectivity index is 1.25. The van der Waals surface area contributed by atoms with Crippen molar-refractivity contribution < 1.29 is 9.21 Å². The number of thiazole rings is 1. The van der Waals surface area contributed by atoms with E-state index >= 15 is 0 Å². The highest BCUT2D eigenvalue weighted by atomic mass is 32.2. The maximum Gasteiger partial charge on any atom is 0.226 e. The highest BCUT2D eigenvalue weighted by Gasteiger charge is 2.23. The molecule has 7 heteroatoms. The summed E-state index contributed by atoms with van der Waals surface area (Å²) in [5.41, 5.74) is 2.75. The number of amides is 1. The van der Waals surface area contributed by atoms with Crippen molar-refractivity contribution in [2.24, 2.45) is 5.92 Å². The van der Waals surface area contributed by atoms with Gasteiger partial charge in [-0.3, -0.25) is 4.79 Å². The van der Waals surface area contributed by atoms with E-state index < -0.39 is 0 Å². The first-order valence-corrected chi connectivity index (χ1v) is 11.3. The number of rotatable bonds is 7. The normalized spacial score (nSPS) is 13.8. The highest BCUT2D eigenvalue weighted by molar-refractivity contribution is 8.00. The number of nitrogens with one attached hydrogen (secondary N) is 1. The molecule has 5 nitrogen and oxygen atoms in total. The molecule has 1 amide bonds. The first-order valence-electron chi connectivity index (χ1n) is 9.46. The highest BCUT2D eigenvalue weighted by Crippen LogP contribution is 2.32. The van der Waals surface area contributed by atoms with Crippen LogP contribution < -0.4 is 5.32 Å². The maximum absolute atomic E-state index is 12.4. The molecule has 1 aromatic carbocycles. The summed E-state index contributed by atoms with van der Waals surface area (Å²) < 4.78 is 6.76. The van der Waals surface area contributed by atoms with Gasteiger partial charge in [0.15, 0.2) is 5.13 Å². The quantitative estimate of drug-likeness (QED) is 0.533. The Morgan fingerprint density at radius 3 is 2.68 bits per heavy atom. The number of aromatic nitrogens is 2. The van der Waals surface area contributed by atoms with Gasteiger partial charge in [0, 0.05) is 12.3 Å². The minimum absolute atomic E-state index is 0.0398. The fourth-order valence-corrected chi connectivity index (χ4v) is 5.14. The van der Waals surface area contributed by atoms with E-state index in [4.69, 9.17) is 4.42 Å². The summed E-state index contributed by atoms with van der Waals surface area (Å²) in [4.78, 5) is 21.0. The van der Waals surface area contributed by atoms with E-state index in [1.807, 2.05) is 0 Å². The van der Waals surface area contributed by atoms with Crippen LogP contribution in [0.5, 0.6) is 0 Å². The van der Waals surface area contributed by atoms with Gasteiger partial charge in [-0.05, 0) is 29.9 Å². The minimum Gasteiger partial charge on any atom is -0.445 e. The standard InChI is InChI=1S/C21H23N3O2S2/c1-13(2)17-10-22-19(26-17)12-27-20-11-23-21(28-20)24-18(25)9-14-7-15-5-3-4-6-16(15)8-14/h3-6,10-11,13-14H,7-9,12H2,1-2H3,(H,23,24,25). The van der Waals surface area contributed by atoms with Crippen molar-refractivity contribution in [3.8, 4) is 0 Å². The van der Waals surface area contributed by atoms with Crippen LogP contribution in [0.4, 0.5) is 5.13 Å². The second-order valence-electron chi connectivity index (χ2n) is 7.38. The molecule has 1 N–H and O–H groups in total. The molecule has 1 aliphatic carbocycles. The SMILES string of the molecule is CC(C)c1cnc(CSc2cnc(NC(=O)CC3Cc4ccccc4C3)s2)o1. The second kappa shape index (κ2) is 8.49. The van der Waals surface area contributed by atoms with Gasteiger partial charge in [0.25, 0.3) is 0 Å². The van der Waals surface area contributed by atoms with E-state index in [1.165, 1.54) is 22.5 Å². The van der Waals surface area contributed by atoms with Gasteiger partial charge in [0.1, 0.15) is 5.76 Å². The lowest BCUT2D eigenvalue weighted by molar-refractivity contribution is -0.117. The summed E-state index contributed by atoms with van der Waals surface area (Å²) >= 11 is 3.11. The van der Waals surface area contributed by atoms with Crippen molar-refractivity contribution in [1.29, 1.82) is 0 Å². The fraction of sp³-hybridized carbons (Fsp3) is 0.381. The summed E-state index contributed by atoms with van der Waals surface area (Å²) in [6.07, 6.45) is 6.09. The summed E-state index contributed by atoms with van der Waals surface area (Å²) in [5, 5.41) is 3.60. The predicted octanol–water partition coefficient (Wildman–Crippen LogP) is 5.29. The molecule has 0 saturated carbocycles. The number of carbonyl (C=O) groups is 1. The van der Waals surface area contributed by atoms with E-state index in [2.05, 4.69) is 53.4 Å². The molecule has 0 saturated heterocycles. The molecular formula is C21H23N3O2S2. The van der Waals surface area contributed by atoms with Crippen LogP contribution in [0.1, 0.15) is 49.0 Å². The third-order valence-corrected chi connectivity index (χ3v) is 6.91. The van der Waals surface area contributed by atoms with Gasteiger partial charge in [-0.25, -0.2) is 9.97 Å². The van der Waals surface area contributed by atoms with Gasteiger partial charge in [-0.15, -0.1) is 11.8 Å². The molecule has 2 aromatic heterocycles. The molecule has 0 bridgehead atoms. The van der Waals surface area contributed by atoms with E-state index in [0.29, 0.717) is 35.0 Å². The number of nitrogens with zero attached hydrogens (tertiary/aromatic N) is 2. The first-order chi connectivity index (χ1) is 13.6. The third kappa shape index (κ3) is 4.64. The number of hydrogen-bond donors (Lipinski definition) is 1. The summed E-state index contributed by atoms with van der Waals surface area (Å²) in [5.74, 6) is 3.03. The Morgan fingerprint density at radius 2 is 2.00 bits per heavy atom. The topological polar surface area (TPSA) is 68.0 Å². The fourth-order valence-electron chi connectivity index (χ4n) is 3.40. The van der Waals surface area contributed by atoms with Crippen molar-refractivity contribution in [2.45, 2.75) is 49.0 Å². The van der Waals surface area contributed by atoms with Gasteiger partial charge >= 0.3 is 0 Å². The van der Waals surface area contributed by atoms with Gasteiger partial charge < -0.3 is 9.73 Å². The van der Waals surface area contributed by atoms with E-state index in [0.717, 1.165) is 22.8 Å². The molecule has 146 valence electrons. The zero-order chi connectivity index (χ0) is 19.5. The van der Waals surface area contributed by atoms with Crippen LogP contribution in [0.2, 0.25) is 0 Å². The van der Waals surface area contributed by atoms with E-state index in [1.54, 1.807) is 24.2 Å². The molecule has 0 unspecified atom stereocenters. The Morgan fingerprint density at radius 1 is 1.25 bits per heavy atom. The second-order valence-corrected chi connectivity index (χ2v) is 9.69. The Kier molecular flexibility index (Phi) is 5.82. The van der Waals surface area contributed by atoms with Gasteiger partial charge in [0.05, 0.1) is 22.4 Å².